The van der Waals surface area contributed by atoms with Gasteiger partial charge < -0.3 is 0 Å². The SMILES string of the molecule is O=P(C=C(Cl)c1ccccc1)(C=C(Cl)c1ccccc1)N1CCCCC1. The zero-order valence-electron chi connectivity index (χ0n) is 14.5. The van der Waals surface area contributed by atoms with E-state index in [2.05, 4.69) is 0 Å². The normalized spacial score (nSPS) is 19.2. The fourth-order valence-electron chi connectivity index (χ4n) is 3.06. The Morgan fingerprint density at radius 3 is 1.62 bits per heavy atom. The predicted molar refractivity (Wildman–Crippen MR) is 114 cm³/mol. The molecule has 0 bridgehead atoms. The molecule has 3 rings (SSSR count). The molecule has 136 valence electrons. The van der Waals surface area contributed by atoms with Gasteiger partial charge in [0.15, 0.2) is 7.29 Å². The summed E-state index contributed by atoms with van der Waals surface area (Å²) in [6.45, 7) is 1.59. The van der Waals surface area contributed by atoms with Gasteiger partial charge in [0.05, 0.1) is 10.1 Å². The monoisotopic (exact) mass is 405 g/mol. The summed E-state index contributed by atoms with van der Waals surface area (Å²) < 4.78 is 16.0. The summed E-state index contributed by atoms with van der Waals surface area (Å²) in [5.41, 5.74) is 1.71. The number of hydrogen-bond donors (Lipinski definition) is 0. The lowest BCUT2D eigenvalue weighted by molar-refractivity contribution is 0.352. The third-order valence-corrected chi connectivity index (χ3v) is 7.97. The first-order valence-electron chi connectivity index (χ1n) is 8.81. The summed E-state index contributed by atoms with van der Waals surface area (Å²) in [5, 5.41) is 0.988. The Balaban J connectivity index is 2.01. The van der Waals surface area contributed by atoms with Crippen LogP contribution in [0.3, 0.4) is 0 Å². The Morgan fingerprint density at radius 1 is 0.769 bits per heavy atom. The zero-order valence-corrected chi connectivity index (χ0v) is 16.9. The second-order valence-electron chi connectivity index (χ2n) is 6.37. The first-order valence-corrected chi connectivity index (χ1v) is 11.4. The molecule has 0 unspecified atom stereocenters. The van der Waals surface area contributed by atoms with E-state index in [1.807, 2.05) is 65.3 Å². The van der Waals surface area contributed by atoms with Crippen LogP contribution < -0.4 is 0 Å². The van der Waals surface area contributed by atoms with E-state index in [1.165, 1.54) is 6.42 Å². The van der Waals surface area contributed by atoms with Gasteiger partial charge in [-0.2, -0.15) is 0 Å². The second-order valence-corrected chi connectivity index (χ2v) is 9.61. The van der Waals surface area contributed by atoms with Crippen LogP contribution in [0.2, 0.25) is 0 Å². The van der Waals surface area contributed by atoms with Gasteiger partial charge in [0, 0.05) is 24.7 Å². The van der Waals surface area contributed by atoms with Crippen molar-refractivity contribution in [2.75, 3.05) is 13.1 Å². The molecule has 1 aliphatic heterocycles. The summed E-state index contributed by atoms with van der Waals surface area (Å²) in [5.74, 6) is 3.39. The zero-order chi connectivity index (χ0) is 18.4. The Hall–Kier alpha value is -1.31. The van der Waals surface area contributed by atoms with Crippen LogP contribution in [0.1, 0.15) is 30.4 Å². The van der Waals surface area contributed by atoms with Crippen molar-refractivity contribution >= 4 is 40.6 Å². The minimum absolute atomic E-state index is 0.494. The topological polar surface area (TPSA) is 20.3 Å². The van der Waals surface area contributed by atoms with Gasteiger partial charge in [-0.3, -0.25) is 4.57 Å². The van der Waals surface area contributed by atoms with Crippen molar-refractivity contribution in [1.82, 2.24) is 4.67 Å². The summed E-state index contributed by atoms with van der Waals surface area (Å²) in [7, 11) is -2.99. The van der Waals surface area contributed by atoms with Crippen LogP contribution >= 0.6 is 30.5 Å². The molecule has 1 aliphatic rings. The van der Waals surface area contributed by atoms with Crippen molar-refractivity contribution in [3.05, 3.63) is 83.4 Å². The van der Waals surface area contributed by atoms with Crippen LogP contribution in [0.4, 0.5) is 0 Å². The van der Waals surface area contributed by atoms with Crippen molar-refractivity contribution in [2.45, 2.75) is 19.3 Å². The standard InChI is InChI=1S/C21H22Cl2NOP/c22-20(18-10-4-1-5-11-18)16-26(25,24-14-8-3-9-15-24)17-21(23)19-12-6-2-7-13-19/h1-2,4-7,10-13,16-17H,3,8-9,14-15H2. The van der Waals surface area contributed by atoms with Crippen LogP contribution in [0, 0.1) is 0 Å². The van der Waals surface area contributed by atoms with Gasteiger partial charge in [0.25, 0.3) is 0 Å². The Kier molecular flexibility index (Phi) is 6.78. The van der Waals surface area contributed by atoms with E-state index in [-0.39, 0.29) is 0 Å². The van der Waals surface area contributed by atoms with E-state index in [9.17, 15) is 4.57 Å². The molecule has 2 aromatic carbocycles. The van der Waals surface area contributed by atoms with Crippen molar-refractivity contribution < 1.29 is 4.57 Å². The lowest BCUT2D eigenvalue weighted by Gasteiger charge is -2.31. The number of halogens is 2. The Morgan fingerprint density at radius 2 is 1.19 bits per heavy atom. The van der Waals surface area contributed by atoms with Gasteiger partial charge in [-0.25, -0.2) is 4.67 Å². The second kappa shape index (κ2) is 9.06. The van der Waals surface area contributed by atoms with Crippen molar-refractivity contribution in [2.24, 2.45) is 0 Å². The predicted octanol–water partition coefficient (Wildman–Crippen LogP) is 7.23. The van der Waals surface area contributed by atoms with E-state index in [4.69, 9.17) is 23.2 Å². The van der Waals surface area contributed by atoms with Gasteiger partial charge >= 0.3 is 0 Å². The molecule has 5 heteroatoms. The summed E-state index contributed by atoms with van der Waals surface area (Å²) >= 11 is 13.1. The molecule has 0 aliphatic carbocycles. The third kappa shape index (κ3) is 4.90. The molecule has 0 saturated carbocycles. The van der Waals surface area contributed by atoms with E-state index in [0.717, 1.165) is 37.1 Å². The average molecular weight is 406 g/mol. The molecule has 1 fully saturated rings. The van der Waals surface area contributed by atoms with Gasteiger partial charge in [0.2, 0.25) is 0 Å². The van der Waals surface area contributed by atoms with Crippen molar-refractivity contribution in [3.8, 4) is 0 Å². The van der Waals surface area contributed by atoms with E-state index in [1.54, 1.807) is 11.6 Å². The molecule has 2 nitrogen and oxygen atoms in total. The summed E-state index contributed by atoms with van der Waals surface area (Å²) in [4.78, 5) is 0. The van der Waals surface area contributed by atoms with Crippen LogP contribution in [0.25, 0.3) is 10.1 Å². The molecular formula is C21H22Cl2NOP. The molecule has 1 saturated heterocycles. The van der Waals surface area contributed by atoms with Gasteiger partial charge in [-0.05, 0) is 24.0 Å². The maximum atomic E-state index is 13.9. The van der Waals surface area contributed by atoms with Crippen molar-refractivity contribution in [1.29, 1.82) is 0 Å². The molecule has 0 aromatic heterocycles. The molecule has 0 atom stereocenters. The molecule has 0 radical (unpaired) electrons. The van der Waals surface area contributed by atoms with Gasteiger partial charge in [-0.1, -0.05) is 90.3 Å². The van der Waals surface area contributed by atoms with Crippen LogP contribution in [-0.2, 0) is 4.57 Å². The van der Waals surface area contributed by atoms with Crippen molar-refractivity contribution in [3.63, 3.8) is 0 Å². The average Bonchev–Trinajstić information content (AvgIpc) is 2.70. The molecule has 2 aromatic rings. The lowest BCUT2D eigenvalue weighted by Crippen LogP contribution is -2.25. The highest BCUT2D eigenvalue weighted by Gasteiger charge is 2.29. The highest BCUT2D eigenvalue weighted by atomic mass is 35.5. The molecular weight excluding hydrogens is 384 g/mol. The molecule has 26 heavy (non-hydrogen) atoms. The number of piperidine rings is 1. The number of hydrogen-bond acceptors (Lipinski definition) is 1. The maximum absolute atomic E-state index is 13.9. The maximum Gasteiger partial charge on any atom is 0.196 e. The van der Waals surface area contributed by atoms with Crippen LogP contribution in [0.15, 0.2) is 72.3 Å². The minimum Gasteiger partial charge on any atom is -0.297 e. The molecule has 0 N–H and O–H groups in total. The summed E-state index contributed by atoms with van der Waals surface area (Å²) in [6.07, 6.45) is 3.25. The highest BCUT2D eigenvalue weighted by molar-refractivity contribution is 7.68. The number of rotatable bonds is 5. The first-order chi connectivity index (χ1) is 12.6. The Labute approximate surface area is 165 Å². The smallest absolute Gasteiger partial charge is 0.196 e. The summed E-state index contributed by atoms with van der Waals surface area (Å²) in [6, 6.07) is 19.2. The molecule has 1 heterocycles. The lowest BCUT2D eigenvalue weighted by atomic mass is 10.2. The minimum atomic E-state index is -2.99. The fraction of sp³-hybridized carbons (Fsp3) is 0.238. The highest BCUT2D eigenvalue weighted by Crippen LogP contribution is 2.57. The Bertz CT molecular complexity index is 768. The molecule has 0 spiro atoms. The van der Waals surface area contributed by atoms with Crippen LogP contribution in [-0.4, -0.2) is 17.8 Å². The van der Waals surface area contributed by atoms with E-state index < -0.39 is 7.29 Å². The van der Waals surface area contributed by atoms with E-state index in [0.29, 0.717) is 10.1 Å². The fourth-order valence-corrected chi connectivity index (χ4v) is 6.41. The third-order valence-electron chi connectivity index (χ3n) is 4.47. The van der Waals surface area contributed by atoms with Crippen LogP contribution in [0.5, 0.6) is 0 Å². The van der Waals surface area contributed by atoms with E-state index >= 15 is 0 Å². The molecule has 0 amide bonds. The first kappa shape index (κ1) is 19.5. The van der Waals surface area contributed by atoms with Gasteiger partial charge in [-0.15, -0.1) is 0 Å². The largest absolute Gasteiger partial charge is 0.297 e. The quantitative estimate of drug-likeness (QED) is 0.489. The number of benzene rings is 2. The number of nitrogens with zero attached hydrogens (tertiary/aromatic N) is 1. The van der Waals surface area contributed by atoms with Gasteiger partial charge in [0.1, 0.15) is 0 Å².